The Bertz CT molecular complexity index is 169. The van der Waals surface area contributed by atoms with Crippen molar-refractivity contribution in [3.63, 3.8) is 0 Å². The van der Waals surface area contributed by atoms with E-state index in [4.69, 9.17) is 5.73 Å². The van der Waals surface area contributed by atoms with Gasteiger partial charge in [0.1, 0.15) is 0 Å². The van der Waals surface area contributed by atoms with E-state index in [1.54, 1.807) is 4.90 Å². The number of hydrogen-bond acceptors (Lipinski definition) is 2. The second kappa shape index (κ2) is 8.72. The second-order valence-electron chi connectivity index (χ2n) is 4.39. The van der Waals surface area contributed by atoms with Gasteiger partial charge in [0.15, 0.2) is 0 Å². The Hall–Kier alpha value is -0.570. The zero-order valence-electron chi connectivity index (χ0n) is 10.5. The summed E-state index contributed by atoms with van der Waals surface area (Å²) in [5.41, 5.74) is 5.64. The maximum Gasteiger partial charge on any atom is 0.222 e. The lowest BCUT2D eigenvalue weighted by molar-refractivity contribution is -0.130. The smallest absolute Gasteiger partial charge is 0.222 e. The highest BCUT2D eigenvalue weighted by Gasteiger charge is 2.08. The molecule has 0 heterocycles. The first-order valence-electron chi connectivity index (χ1n) is 6.07. The van der Waals surface area contributed by atoms with Crippen molar-refractivity contribution in [2.24, 2.45) is 5.73 Å². The van der Waals surface area contributed by atoms with Gasteiger partial charge in [-0.15, -0.1) is 0 Å². The summed E-state index contributed by atoms with van der Waals surface area (Å²) in [4.78, 5) is 13.4. The van der Waals surface area contributed by atoms with E-state index in [1.807, 2.05) is 14.0 Å². The first-order valence-corrected chi connectivity index (χ1v) is 6.07. The lowest BCUT2D eigenvalue weighted by Gasteiger charge is -2.18. The van der Waals surface area contributed by atoms with Crippen LogP contribution in [-0.2, 0) is 4.79 Å². The maximum atomic E-state index is 11.6. The van der Waals surface area contributed by atoms with Gasteiger partial charge >= 0.3 is 0 Å². The fourth-order valence-corrected chi connectivity index (χ4v) is 1.42. The van der Waals surface area contributed by atoms with Crippen LogP contribution in [-0.4, -0.2) is 30.4 Å². The third kappa shape index (κ3) is 8.43. The zero-order chi connectivity index (χ0) is 11.7. The van der Waals surface area contributed by atoms with Gasteiger partial charge in [-0.1, -0.05) is 26.2 Å². The van der Waals surface area contributed by atoms with E-state index in [9.17, 15) is 4.79 Å². The van der Waals surface area contributed by atoms with E-state index in [0.29, 0.717) is 6.42 Å². The molecule has 0 rings (SSSR count). The van der Waals surface area contributed by atoms with Gasteiger partial charge in [-0.25, -0.2) is 0 Å². The molecular weight excluding hydrogens is 188 g/mol. The van der Waals surface area contributed by atoms with Crippen LogP contribution in [0.5, 0.6) is 0 Å². The number of carbonyl (C=O) groups excluding carboxylic acids is 1. The van der Waals surface area contributed by atoms with Crippen molar-refractivity contribution in [2.75, 3.05) is 13.6 Å². The summed E-state index contributed by atoms with van der Waals surface area (Å²) >= 11 is 0. The summed E-state index contributed by atoms with van der Waals surface area (Å²) in [5, 5.41) is 0. The Labute approximate surface area is 94.0 Å². The van der Waals surface area contributed by atoms with Crippen molar-refractivity contribution in [1.82, 2.24) is 4.90 Å². The third-order valence-corrected chi connectivity index (χ3v) is 2.59. The molecule has 0 aromatic heterocycles. The highest BCUT2D eigenvalue weighted by molar-refractivity contribution is 5.75. The first kappa shape index (κ1) is 14.4. The van der Waals surface area contributed by atoms with Gasteiger partial charge in [-0.2, -0.15) is 0 Å². The molecule has 3 heteroatoms. The minimum Gasteiger partial charge on any atom is -0.346 e. The molecule has 1 amide bonds. The predicted octanol–water partition coefficient (Wildman–Crippen LogP) is 2.15. The molecule has 0 aliphatic heterocycles. The molecule has 2 N–H and O–H groups in total. The Kier molecular flexibility index (Phi) is 8.38. The van der Waals surface area contributed by atoms with Crippen molar-refractivity contribution in [3.05, 3.63) is 0 Å². The number of hydrogen-bond donors (Lipinski definition) is 1. The number of unbranched alkanes of at least 4 members (excludes halogenated alkanes) is 3. The minimum absolute atomic E-state index is 0.181. The van der Waals surface area contributed by atoms with E-state index in [0.717, 1.165) is 19.4 Å². The zero-order valence-corrected chi connectivity index (χ0v) is 10.5. The third-order valence-electron chi connectivity index (χ3n) is 2.59. The van der Waals surface area contributed by atoms with Crippen LogP contribution in [0.1, 0.15) is 52.4 Å². The lowest BCUT2D eigenvalue weighted by atomic mass is 10.1. The summed E-state index contributed by atoms with van der Waals surface area (Å²) < 4.78 is 0. The van der Waals surface area contributed by atoms with Gasteiger partial charge in [0, 0.05) is 26.1 Å². The summed E-state index contributed by atoms with van der Waals surface area (Å²) in [6, 6.07) is 0.181. The number of rotatable bonds is 8. The molecule has 3 nitrogen and oxygen atoms in total. The number of carbonyl (C=O) groups is 1. The second-order valence-corrected chi connectivity index (χ2v) is 4.39. The molecule has 0 bridgehead atoms. The number of nitrogens with zero attached hydrogens (tertiary/aromatic N) is 1. The minimum atomic E-state index is 0.181. The van der Waals surface area contributed by atoms with Gasteiger partial charge in [-0.05, 0) is 19.8 Å². The van der Waals surface area contributed by atoms with E-state index in [1.165, 1.54) is 19.3 Å². The standard InChI is InChI=1S/C12H26N2O/c1-4-5-6-7-8-12(15)14(3)10-9-11(2)13/h11H,4-10,13H2,1-3H3. The van der Waals surface area contributed by atoms with Gasteiger partial charge in [-0.3, -0.25) is 4.79 Å². The summed E-state index contributed by atoms with van der Waals surface area (Å²) in [6.07, 6.45) is 6.22. The monoisotopic (exact) mass is 214 g/mol. The molecule has 0 saturated carbocycles. The molecule has 90 valence electrons. The molecule has 0 spiro atoms. The van der Waals surface area contributed by atoms with E-state index in [2.05, 4.69) is 6.92 Å². The topological polar surface area (TPSA) is 46.3 Å². The van der Waals surface area contributed by atoms with Crippen molar-refractivity contribution >= 4 is 5.91 Å². The van der Waals surface area contributed by atoms with Crippen LogP contribution < -0.4 is 5.73 Å². The Morgan fingerprint density at radius 1 is 1.33 bits per heavy atom. The average Bonchev–Trinajstić information content (AvgIpc) is 2.20. The highest BCUT2D eigenvalue weighted by atomic mass is 16.2. The highest BCUT2D eigenvalue weighted by Crippen LogP contribution is 2.04. The molecule has 0 radical (unpaired) electrons. The molecule has 0 saturated heterocycles. The predicted molar refractivity (Wildman–Crippen MR) is 64.7 cm³/mol. The Morgan fingerprint density at radius 2 is 2.00 bits per heavy atom. The molecule has 15 heavy (non-hydrogen) atoms. The van der Waals surface area contributed by atoms with Gasteiger partial charge < -0.3 is 10.6 Å². The van der Waals surface area contributed by atoms with Crippen LogP contribution in [0.4, 0.5) is 0 Å². The Morgan fingerprint density at radius 3 is 2.53 bits per heavy atom. The van der Waals surface area contributed by atoms with Crippen LogP contribution in [0.2, 0.25) is 0 Å². The van der Waals surface area contributed by atoms with Crippen LogP contribution in [0.25, 0.3) is 0 Å². The van der Waals surface area contributed by atoms with Gasteiger partial charge in [0.05, 0.1) is 0 Å². The van der Waals surface area contributed by atoms with Crippen LogP contribution >= 0.6 is 0 Å². The van der Waals surface area contributed by atoms with Crippen LogP contribution in [0, 0.1) is 0 Å². The van der Waals surface area contributed by atoms with Gasteiger partial charge in [0.2, 0.25) is 5.91 Å². The molecule has 1 unspecified atom stereocenters. The summed E-state index contributed by atoms with van der Waals surface area (Å²) in [7, 11) is 1.87. The van der Waals surface area contributed by atoms with Crippen LogP contribution in [0.15, 0.2) is 0 Å². The number of nitrogens with two attached hydrogens (primary N) is 1. The SMILES string of the molecule is CCCCCCC(=O)N(C)CCC(C)N. The number of amides is 1. The van der Waals surface area contributed by atoms with Crippen molar-refractivity contribution < 1.29 is 4.79 Å². The van der Waals surface area contributed by atoms with Crippen molar-refractivity contribution in [2.45, 2.75) is 58.4 Å². The average molecular weight is 214 g/mol. The normalized spacial score (nSPS) is 12.5. The first-order chi connectivity index (χ1) is 7.07. The van der Waals surface area contributed by atoms with E-state index >= 15 is 0 Å². The fourth-order valence-electron chi connectivity index (χ4n) is 1.42. The molecular formula is C12H26N2O. The van der Waals surface area contributed by atoms with Crippen LogP contribution in [0.3, 0.4) is 0 Å². The molecule has 0 fully saturated rings. The fraction of sp³-hybridized carbons (Fsp3) is 0.917. The maximum absolute atomic E-state index is 11.6. The molecule has 1 atom stereocenters. The van der Waals surface area contributed by atoms with Gasteiger partial charge in [0.25, 0.3) is 0 Å². The molecule has 0 aliphatic carbocycles. The summed E-state index contributed by atoms with van der Waals surface area (Å²) in [5.74, 6) is 0.256. The quantitative estimate of drug-likeness (QED) is 0.629. The van der Waals surface area contributed by atoms with E-state index in [-0.39, 0.29) is 11.9 Å². The largest absolute Gasteiger partial charge is 0.346 e. The van der Waals surface area contributed by atoms with E-state index < -0.39 is 0 Å². The summed E-state index contributed by atoms with van der Waals surface area (Å²) in [6.45, 7) is 4.93. The molecule has 0 aromatic carbocycles. The Balaban J connectivity index is 3.51. The van der Waals surface area contributed by atoms with Crippen molar-refractivity contribution in [3.8, 4) is 0 Å². The van der Waals surface area contributed by atoms with Crippen molar-refractivity contribution in [1.29, 1.82) is 0 Å². The molecule has 0 aliphatic rings. The molecule has 0 aromatic rings. The lowest BCUT2D eigenvalue weighted by Crippen LogP contribution is -2.31.